The van der Waals surface area contributed by atoms with Crippen LogP contribution in [0.2, 0.25) is 0 Å². The monoisotopic (exact) mass is 470 g/mol. The van der Waals surface area contributed by atoms with Crippen LogP contribution in [0, 0.1) is 6.92 Å². The van der Waals surface area contributed by atoms with Crippen LogP contribution in [0.5, 0.6) is 0 Å². The summed E-state index contributed by atoms with van der Waals surface area (Å²) in [5.41, 5.74) is 3.69. The van der Waals surface area contributed by atoms with Gasteiger partial charge in [0, 0.05) is 33.3 Å². The summed E-state index contributed by atoms with van der Waals surface area (Å²) in [5.74, 6) is -0.217. The molecule has 0 aliphatic heterocycles. The number of Topliss-reactive ketones (excluding diaryl/α,β-unsaturated/α-hetero) is 1. The Kier molecular flexibility index (Phi) is 7.34. The van der Waals surface area contributed by atoms with Crippen molar-refractivity contribution in [3.63, 3.8) is 0 Å². The van der Waals surface area contributed by atoms with E-state index in [2.05, 4.69) is 33.2 Å². The third kappa shape index (κ3) is 5.84. The van der Waals surface area contributed by atoms with E-state index in [4.69, 9.17) is 0 Å². The molecule has 0 bridgehead atoms. The summed E-state index contributed by atoms with van der Waals surface area (Å²) in [6, 6.07) is 15.4. The second kappa shape index (κ2) is 9.94. The van der Waals surface area contributed by atoms with Gasteiger partial charge in [0.1, 0.15) is 0 Å². The summed E-state index contributed by atoms with van der Waals surface area (Å²) in [6.07, 6.45) is 2.24. The number of carbonyl (C=O) groups is 2. The van der Waals surface area contributed by atoms with E-state index in [1.54, 1.807) is 12.1 Å². The fourth-order valence-electron chi connectivity index (χ4n) is 2.93. The predicted octanol–water partition coefficient (Wildman–Crippen LogP) is 6.44. The van der Waals surface area contributed by atoms with Crippen LogP contribution in [0.15, 0.2) is 53.0 Å². The number of hydrogen-bond donors (Lipinski definition) is 1. The molecule has 0 atom stereocenters. The number of ketones is 1. The maximum absolute atomic E-state index is 12.4. The zero-order valence-electron chi connectivity index (χ0n) is 16.5. The maximum atomic E-state index is 12.4. The molecule has 1 aromatic heterocycles. The summed E-state index contributed by atoms with van der Waals surface area (Å²) in [4.78, 5) is 30.4. The van der Waals surface area contributed by atoms with Crippen LogP contribution >= 0.6 is 27.3 Å². The van der Waals surface area contributed by atoms with E-state index >= 15 is 0 Å². The lowest BCUT2D eigenvalue weighted by atomic mass is 10.1. The topological polar surface area (TPSA) is 59.1 Å². The first-order valence-corrected chi connectivity index (χ1v) is 11.2. The molecule has 0 fully saturated rings. The number of rotatable bonds is 8. The highest BCUT2D eigenvalue weighted by atomic mass is 79.9. The number of nitrogens with zero attached hydrogens (tertiary/aromatic N) is 1. The SMILES string of the molecule is CCCc1sc(NC(=O)CCC(=O)c2ccc(C)cc2)nc1-c1ccc(Br)cc1. The van der Waals surface area contributed by atoms with Gasteiger partial charge < -0.3 is 5.32 Å². The lowest BCUT2D eigenvalue weighted by Crippen LogP contribution is -2.13. The number of halogens is 1. The van der Waals surface area contributed by atoms with Crippen LogP contribution in [0.25, 0.3) is 11.3 Å². The number of aryl methyl sites for hydroxylation is 2. The fourth-order valence-corrected chi connectivity index (χ4v) is 4.29. The van der Waals surface area contributed by atoms with Crippen LogP contribution < -0.4 is 5.32 Å². The fraction of sp³-hybridized carbons (Fsp3) is 0.261. The van der Waals surface area contributed by atoms with Crippen molar-refractivity contribution in [2.75, 3.05) is 5.32 Å². The molecule has 150 valence electrons. The number of nitrogens with one attached hydrogen (secondary N) is 1. The van der Waals surface area contributed by atoms with Crippen LogP contribution in [-0.4, -0.2) is 16.7 Å². The first-order chi connectivity index (χ1) is 14.0. The number of aromatic nitrogens is 1. The number of anilines is 1. The van der Waals surface area contributed by atoms with Gasteiger partial charge in [-0.2, -0.15) is 0 Å². The molecule has 6 heteroatoms. The van der Waals surface area contributed by atoms with Crippen molar-refractivity contribution in [3.8, 4) is 11.3 Å². The smallest absolute Gasteiger partial charge is 0.226 e. The van der Waals surface area contributed by atoms with Gasteiger partial charge in [-0.05, 0) is 25.5 Å². The average molecular weight is 471 g/mol. The molecule has 1 N–H and O–H groups in total. The molecule has 4 nitrogen and oxygen atoms in total. The standard InChI is InChI=1S/C23H23BrN2O2S/c1-3-4-20-22(17-9-11-18(24)12-10-17)26-23(29-20)25-21(28)14-13-19(27)16-7-5-15(2)6-8-16/h5-12H,3-4,13-14H2,1-2H3,(H,25,26,28). The van der Waals surface area contributed by atoms with Crippen LogP contribution in [-0.2, 0) is 11.2 Å². The van der Waals surface area contributed by atoms with E-state index in [0.717, 1.165) is 39.0 Å². The van der Waals surface area contributed by atoms with Crippen molar-refractivity contribution in [1.82, 2.24) is 4.98 Å². The third-order valence-electron chi connectivity index (χ3n) is 4.49. The molecule has 29 heavy (non-hydrogen) atoms. The molecule has 0 spiro atoms. The molecule has 0 radical (unpaired) electrons. The Hall–Kier alpha value is -2.31. The Balaban J connectivity index is 1.65. The van der Waals surface area contributed by atoms with Crippen LogP contribution in [0.1, 0.15) is 47.0 Å². The highest BCUT2D eigenvalue weighted by molar-refractivity contribution is 9.10. The lowest BCUT2D eigenvalue weighted by molar-refractivity contribution is -0.116. The Morgan fingerprint density at radius 2 is 1.72 bits per heavy atom. The molecule has 3 aromatic rings. The molecule has 0 saturated carbocycles. The molecule has 0 saturated heterocycles. The minimum absolute atomic E-state index is 0.0264. The Morgan fingerprint density at radius 1 is 1.03 bits per heavy atom. The number of thiazole rings is 1. The number of benzene rings is 2. The van der Waals surface area contributed by atoms with Gasteiger partial charge >= 0.3 is 0 Å². The minimum Gasteiger partial charge on any atom is -0.302 e. The summed E-state index contributed by atoms with van der Waals surface area (Å²) < 4.78 is 1.01. The van der Waals surface area contributed by atoms with E-state index in [1.165, 1.54) is 11.3 Å². The van der Waals surface area contributed by atoms with Gasteiger partial charge in [-0.25, -0.2) is 4.98 Å². The van der Waals surface area contributed by atoms with Crippen molar-refractivity contribution in [2.24, 2.45) is 0 Å². The summed E-state index contributed by atoms with van der Waals surface area (Å²) in [5, 5.41) is 3.45. The highest BCUT2D eigenvalue weighted by Gasteiger charge is 2.15. The first-order valence-electron chi connectivity index (χ1n) is 9.61. The Morgan fingerprint density at radius 3 is 2.38 bits per heavy atom. The van der Waals surface area contributed by atoms with E-state index in [9.17, 15) is 9.59 Å². The molecule has 0 aliphatic carbocycles. The summed E-state index contributed by atoms with van der Waals surface area (Å²) in [7, 11) is 0. The van der Waals surface area contributed by atoms with Gasteiger partial charge in [0.05, 0.1) is 5.69 Å². The normalized spacial score (nSPS) is 10.7. The van der Waals surface area contributed by atoms with Crippen LogP contribution in [0.3, 0.4) is 0 Å². The summed E-state index contributed by atoms with van der Waals surface area (Å²) >= 11 is 4.96. The van der Waals surface area contributed by atoms with E-state index in [1.807, 2.05) is 43.3 Å². The maximum Gasteiger partial charge on any atom is 0.226 e. The largest absolute Gasteiger partial charge is 0.302 e. The lowest BCUT2D eigenvalue weighted by Gasteiger charge is -2.03. The first kappa shape index (κ1) is 21.4. The average Bonchev–Trinajstić information content (AvgIpc) is 3.09. The Bertz CT molecular complexity index is 995. The van der Waals surface area contributed by atoms with Gasteiger partial charge in [-0.15, -0.1) is 11.3 Å². The molecular formula is C23H23BrN2O2S. The zero-order chi connectivity index (χ0) is 20.8. The molecule has 0 unspecified atom stereocenters. The second-order valence-corrected chi connectivity index (χ2v) is 8.88. The molecule has 3 rings (SSSR count). The van der Waals surface area contributed by atoms with Crippen molar-refractivity contribution in [3.05, 3.63) is 69.0 Å². The highest BCUT2D eigenvalue weighted by Crippen LogP contribution is 2.33. The van der Waals surface area contributed by atoms with Crippen molar-refractivity contribution < 1.29 is 9.59 Å². The van der Waals surface area contributed by atoms with Gasteiger partial charge in [0.15, 0.2) is 10.9 Å². The number of hydrogen-bond acceptors (Lipinski definition) is 4. The van der Waals surface area contributed by atoms with Crippen molar-refractivity contribution >= 4 is 44.1 Å². The quantitative estimate of drug-likeness (QED) is 0.385. The molecular weight excluding hydrogens is 448 g/mol. The zero-order valence-corrected chi connectivity index (χ0v) is 18.9. The van der Waals surface area contributed by atoms with Crippen molar-refractivity contribution in [2.45, 2.75) is 39.5 Å². The van der Waals surface area contributed by atoms with Gasteiger partial charge in [-0.3, -0.25) is 9.59 Å². The molecule has 1 heterocycles. The van der Waals surface area contributed by atoms with E-state index in [-0.39, 0.29) is 24.5 Å². The minimum atomic E-state index is -0.190. The van der Waals surface area contributed by atoms with Crippen molar-refractivity contribution in [1.29, 1.82) is 0 Å². The number of amides is 1. The van der Waals surface area contributed by atoms with E-state index < -0.39 is 0 Å². The number of carbonyl (C=O) groups excluding carboxylic acids is 2. The Labute approximate surface area is 183 Å². The van der Waals surface area contributed by atoms with Crippen LogP contribution in [0.4, 0.5) is 5.13 Å². The van der Waals surface area contributed by atoms with Gasteiger partial charge in [0.25, 0.3) is 0 Å². The van der Waals surface area contributed by atoms with Gasteiger partial charge in [0.2, 0.25) is 5.91 Å². The molecule has 0 aliphatic rings. The van der Waals surface area contributed by atoms with Gasteiger partial charge in [-0.1, -0.05) is 71.2 Å². The predicted molar refractivity (Wildman–Crippen MR) is 123 cm³/mol. The third-order valence-corrected chi connectivity index (χ3v) is 6.05. The summed E-state index contributed by atoms with van der Waals surface area (Å²) in [6.45, 7) is 4.10. The molecule has 2 aromatic carbocycles. The van der Waals surface area contributed by atoms with E-state index in [0.29, 0.717) is 10.7 Å². The molecule has 1 amide bonds. The second-order valence-electron chi connectivity index (χ2n) is 6.89.